The van der Waals surface area contributed by atoms with E-state index in [1.165, 1.54) is 25.1 Å². The number of esters is 1. The number of carbonyl (C=O) groups excluding carboxylic acids is 2. The fraction of sp³-hybridized carbons (Fsp3) is 0.176. The molecule has 0 bridgehead atoms. The summed E-state index contributed by atoms with van der Waals surface area (Å²) in [6, 6.07) is 12.7. The molecule has 0 radical (unpaired) electrons. The molecule has 2 aromatic carbocycles. The van der Waals surface area contributed by atoms with Gasteiger partial charge in [-0.05, 0) is 37.6 Å². The summed E-state index contributed by atoms with van der Waals surface area (Å²) in [7, 11) is 0. The fourth-order valence-corrected chi connectivity index (χ4v) is 1.88. The number of halogens is 1. The first-order chi connectivity index (χ1) is 10.5. The molecule has 22 heavy (non-hydrogen) atoms. The van der Waals surface area contributed by atoms with Crippen LogP contribution in [0.15, 0.2) is 48.5 Å². The molecule has 0 saturated carbocycles. The van der Waals surface area contributed by atoms with Crippen molar-refractivity contribution in [1.29, 1.82) is 0 Å². The minimum absolute atomic E-state index is 0.0475. The van der Waals surface area contributed by atoms with Gasteiger partial charge < -0.3 is 10.1 Å². The Bertz CT molecular complexity index is 700. The van der Waals surface area contributed by atoms with Gasteiger partial charge in [-0.2, -0.15) is 0 Å². The first kappa shape index (κ1) is 15.7. The number of hydrogen-bond acceptors (Lipinski definition) is 3. The average molecular weight is 301 g/mol. The minimum atomic E-state index is -1.04. The van der Waals surface area contributed by atoms with E-state index in [9.17, 15) is 14.0 Å². The summed E-state index contributed by atoms with van der Waals surface area (Å²) < 4.78 is 18.6. The normalized spacial score (nSPS) is 11.6. The molecule has 0 aliphatic rings. The first-order valence-corrected chi connectivity index (χ1v) is 6.81. The van der Waals surface area contributed by atoms with E-state index in [-0.39, 0.29) is 5.69 Å². The number of benzene rings is 2. The lowest BCUT2D eigenvalue weighted by atomic mass is 10.1. The molecule has 2 rings (SSSR count). The quantitative estimate of drug-likeness (QED) is 0.881. The molecule has 0 saturated heterocycles. The van der Waals surface area contributed by atoms with E-state index >= 15 is 0 Å². The molecule has 0 aromatic heterocycles. The van der Waals surface area contributed by atoms with Crippen molar-refractivity contribution in [2.75, 3.05) is 5.32 Å². The standard InChI is InChI=1S/C17H16FNO3/c1-11-7-3-4-8-13(11)17(21)22-12(2)16(20)19-15-10-6-5-9-14(15)18/h3-10,12H,1-2H3,(H,19,20)/t12-/m0/s1. The van der Waals surface area contributed by atoms with Crippen LogP contribution >= 0.6 is 0 Å². The van der Waals surface area contributed by atoms with Crippen LogP contribution < -0.4 is 5.32 Å². The van der Waals surface area contributed by atoms with Crippen molar-refractivity contribution in [1.82, 2.24) is 0 Å². The highest BCUT2D eigenvalue weighted by molar-refractivity contribution is 5.97. The second kappa shape index (κ2) is 6.85. The zero-order valence-electron chi connectivity index (χ0n) is 12.3. The van der Waals surface area contributed by atoms with Gasteiger partial charge in [-0.15, -0.1) is 0 Å². The number of rotatable bonds is 4. The Hall–Kier alpha value is -2.69. The molecule has 1 atom stereocenters. The molecule has 4 nitrogen and oxygen atoms in total. The summed E-state index contributed by atoms with van der Waals surface area (Å²) in [6.07, 6.45) is -1.04. The number of amides is 1. The van der Waals surface area contributed by atoms with Crippen LogP contribution in [0.4, 0.5) is 10.1 Å². The van der Waals surface area contributed by atoms with Gasteiger partial charge in [0.1, 0.15) is 5.82 Å². The van der Waals surface area contributed by atoms with Gasteiger partial charge in [0, 0.05) is 0 Å². The van der Waals surface area contributed by atoms with E-state index in [0.29, 0.717) is 5.56 Å². The zero-order valence-corrected chi connectivity index (χ0v) is 12.3. The van der Waals surface area contributed by atoms with Crippen LogP contribution in [-0.4, -0.2) is 18.0 Å². The first-order valence-electron chi connectivity index (χ1n) is 6.81. The van der Waals surface area contributed by atoms with Gasteiger partial charge in [0.2, 0.25) is 0 Å². The van der Waals surface area contributed by atoms with E-state index in [0.717, 1.165) is 5.56 Å². The Balaban J connectivity index is 2.01. The third kappa shape index (κ3) is 3.69. The lowest BCUT2D eigenvalue weighted by Gasteiger charge is -2.14. The Morgan fingerprint density at radius 2 is 1.73 bits per heavy atom. The van der Waals surface area contributed by atoms with Crippen molar-refractivity contribution >= 4 is 17.6 Å². The molecular weight excluding hydrogens is 285 g/mol. The van der Waals surface area contributed by atoms with E-state index < -0.39 is 23.8 Å². The Morgan fingerprint density at radius 1 is 1.09 bits per heavy atom. The predicted molar refractivity (Wildman–Crippen MR) is 81.1 cm³/mol. The number of para-hydroxylation sites is 1. The van der Waals surface area contributed by atoms with Crippen molar-refractivity contribution in [2.45, 2.75) is 20.0 Å². The maximum absolute atomic E-state index is 13.5. The number of nitrogens with one attached hydrogen (secondary N) is 1. The number of carbonyl (C=O) groups is 2. The second-order valence-electron chi connectivity index (χ2n) is 4.83. The Labute approximate surface area is 127 Å². The molecule has 0 aliphatic carbocycles. The van der Waals surface area contributed by atoms with E-state index in [1.807, 2.05) is 0 Å². The zero-order chi connectivity index (χ0) is 16.1. The topological polar surface area (TPSA) is 55.4 Å². The third-order valence-corrected chi connectivity index (χ3v) is 3.15. The van der Waals surface area contributed by atoms with Gasteiger partial charge in [0.15, 0.2) is 6.10 Å². The highest BCUT2D eigenvalue weighted by atomic mass is 19.1. The third-order valence-electron chi connectivity index (χ3n) is 3.15. The molecule has 1 amide bonds. The van der Waals surface area contributed by atoms with E-state index in [1.54, 1.807) is 37.3 Å². The summed E-state index contributed by atoms with van der Waals surface area (Å²) in [6.45, 7) is 3.22. The molecule has 114 valence electrons. The summed E-state index contributed by atoms with van der Waals surface area (Å²) in [5, 5.41) is 2.39. The lowest BCUT2D eigenvalue weighted by Crippen LogP contribution is -2.30. The highest BCUT2D eigenvalue weighted by Crippen LogP contribution is 2.14. The molecule has 0 heterocycles. The van der Waals surface area contributed by atoms with Gasteiger partial charge in [0.25, 0.3) is 5.91 Å². The maximum atomic E-state index is 13.5. The van der Waals surface area contributed by atoms with Crippen molar-refractivity contribution in [3.8, 4) is 0 Å². The van der Waals surface area contributed by atoms with Crippen molar-refractivity contribution < 1.29 is 18.7 Å². The predicted octanol–water partition coefficient (Wildman–Crippen LogP) is 3.32. The van der Waals surface area contributed by atoms with E-state index in [4.69, 9.17) is 4.74 Å². The summed E-state index contributed by atoms with van der Waals surface area (Å²) in [4.78, 5) is 24.0. The van der Waals surface area contributed by atoms with Crippen LogP contribution in [0.25, 0.3) is 0 Å². The Kier molecular flexibility index (Phi) is 4.88. The molecule has 0 unspecified atom stereocenters. The number of anilines is 1. The van der Waals surface area contributed by atoms with Crippen LogP contribution in [0.3, 0.4) is 0 Å². The van der Waals surface area contributed by atoms with Gasteiger partial charge in [-0.3, -0.25) is 4.79 Å². The monoisotopic (exact) mass is 301 g/mol. The van der Waals surface area contributed by atoms with Crippen molar-refractivity contribution in [3.05, 3.63) is 65.5 Å². The number of hydrogen-bond donors (Lipinski definition) is 1. The average Bonchev–Trinajstić information content (AvgIpc) is 2.49. The van der Waals surface area contributed by atoms with Crippen molar-refractivity contribution in [2.24, 2.45) is 0 Å². The van der Waals surface area contributed by atoms with Gasteiger partial charge in [-0.1, -0.05) is 30.3 Å². The molecular formula is C17H16FNO3. The summed E-state index contributed by atoms with van der Waals surface area (Å²) >= 11 is 0. The van der Waals surface area contributed by atoms with Crippen LogP contribution in [0.5, 0.6) is 0 Å². The molecule has 5 heteroatoms. The molecule has 2 aromatic rings. The largest absolute Gasteiger partial charge is 0.449 e. The van der Waals surface area contributed by atoms with Gasteiger partial charge >= 0.3 is 5.97 Å². The lowest BCUT2D eigenvalue weighted by molar-refractivity contribution is -0.123. The van der Waals surface area contributed by atoms with Crippen LogP contribution in [-0.2, 0) is 9.53 Å². The van der Waals surface area contributed by atoms with Gasteiger partial charge in [0.05, 0.1) is 11.3 Å². The molecule has 0 fully saturated rings. The fourth-order valence-electron chi connectivity index (χ4n) is 1.88. The van der Waals surface area contributed by atoms with Crippen LogP contribution in [0.1, 0.15) is 22.8 Å². The smallest absolute Gasteiger partial charge is 0.339 e. The number of ether oxygens (including phenoxy) is 1. The SMILES string of the molecule is Cc1ccccc1C(=O)O[C@@H](C)C(=O)Nc1ccccc1F. The summed E-state index contributed by atoms with van der Waals surface area (Å²) in [5.74, 6) is -1.73. The molecule has 1 N–H and O–H groups in total. The van der Waals surface area contributed by atoms with Crippen LogP contribution in [0, 0.1) is 12.7 Å². The molecule has 0 spiro atoms. The van der Waals surface area contributed by atoms with Crippen LogP contribution in [0.2, 0.25) is 0 Å². The highest BCUT2D eigenvalue weighted by Gasteiger charge is 2.20. The second-order valence-corrected chi connectivity index (χ2v) is 4.83. The van der Waals surface area contributed by atoms with Gasteiger partial charge in [-0.25, -0.2) is 9.18 Å². The molecule has 0 aliphatic heterocycles. The Morgan fingerprint density at radius 3 is 2.41 bits per heavy atom. The number of aryl methyl sites for hydroxylation is 1. The maximum Gasteiger partial charge on any atom is 0.339 e. The van der Waals surface area contributed by atoms with Crippen molar-refractivity contribution in [3.63, 3.8) is 0 Å². The summed E-state index contributed by atoms with van der Waals surface area (Å²) in [5.41, 5.74) is 1.20. The van der Waals surface area contributed by atoms with E-state index in [2.05, 4.69) is 5.32 Å². The minimum Gasteiger partial charge on any atom is -0.449 e.